The molecule has 9 heteroatoms. The zero-order valence-electron chi connectivity index (χ0n) is 18.4. The van der Waals surface area contributed by atoms with Crippen LogP contribution in [0.25, 0.3) is 5.65 Å². The summed E-state index contributed by atoms with van der Waals surface area (Å²) in [6, 6.07) is 11.2. The molecule has 0 bridgehead atoms. The average molecular weight is 457 g/mol. The number of carbonyl (C=O) groups is 1. The Labute approximate surface area is 192 Å². The van der Waals surface area contributed by atoms with Crippen LogP contribution in [0.5, 0.6) is 0 Å². The van der Waals surface area contributed by atoms with Gasteiger partial charge in [-0.05, 0) is 38.3 Å². The molecule has 1 aromatic carbocycles. The van der Waals surface area contributed by atoms with Gasteiger partial charge in [-0.3, -0.25) is 9.20 Å². The Balaban J connectivity index is 1.64. The first kappa shape index (κ1) is 22.5. The van der Waals surface area contributed by atoms with Crippen molar-refractivity contribution in [2.75, 3.05) is 24.6 Å². The summed E-state index contributed by atoms with van der Waals surface area (Å²) in [5, 5.41) is 12.4. The fourth-order valence-electron chi connectivity index (χ4n) is 3.78. The summed E-state index contributed by atoms with van der Waals surface area (Å²) in [4.78, 5) is 15.0. The van der Waals surface area contributed by atoms with E-state index in [0.717, 1.165) is 37.2 Å². The van der Waals surface area contributed by atoms with Crippen molar-refractivity contribution in [3.05, 3.63) is 59.0 Å². The molecule has 0 aliphatic carbocycles. The van der Waals surface area contributed by atoms with E-state index in [4.69, 9.17) is 22.1 Å². The van der Waals surface area contributed by atoms with Gasteiger partial charge in [0, 0.05) is 19.3 Å². The highest BCUT2D eigenvalue weighted by Gasteiger charge is 2.29. The molecule has 0 radical (unpaired) electrons. The molecule has 4 rings (SSSR count). The highest BCUT2D eigenvalue weighted by Crippen LogP contribution is 2.29. The number of nitrogens with zero attached hydrogens (tertiary/aromatic N) is 4. The molecule has 1 saturated heterocycles. The van der Waals surface area contributed by atoms with E-state index in [-0.39, 0.29) is 12.5 Å². The molecule has 1 fully saturated rings. The number of nitrogens with one attached hydrogen (secondary N) is 1. The maximum atomic E-state index is 12.7. The smallest absolute Gasteiger partial charge is 0.240 e. The van der Waals surface area contributed by atoms with Gasteiger partial charge in [0.2, 0.25) is 5.91 Å². The molecule has 3 aromatic rings. The quantitative estimate of drug-likeness (QED) is 0.540. The van der Waals surface area contributed by atoms with Crippen LogP contribution in [0, 0.1) is 0 Å². The van der Waals surface area contributed by atoms with Gasteiger partial charge >= 0.3 is 0 Å². The second kappa shape index (κ2) is 9.44. The zero-order chi connectivity index (χ0) is 22.7. The summed E-state index contributed by atoms with van der Waals surface area (Å²) in [7, 11) is 0. The van der Waals surface area contributed by atoms with Crippen molar-refractivity contribution in [3.8, 4) is 0 Å². The van der Waals surface area contributed by atoms with Gasteiger partial charge in [0.25, 0.3) is 0 Å². The van der Waals surface area contributed by atoms with E-state index < -0.39 is 11.6 Å². The van der Waals surface area contributed by atoms with Crippen molar-refractivity contribution in [3.63, 3.8) is 0 Å². The summed E-state index contributed by atoms with van der Waals surface area (Å²) in [6.07, 6.45) is 4.05. The molecule has 0 unspecified atom stereocenters. The predicted octanol–water partition coefficient (Wildman–Crippen LogP) is 3.09. The second-order valence-corrected chi connectivity index (χ2v) is 9.17. The number of nitrogens with two attached hydrogens (primary N) is 1. The van der Waals surface area contributed by atoms with E-state index >= 15 is 0 Å². The fourth-order valence-corrected chi connectivity index (χ4v) is 3.98. The van der Waals surface area contributed by atoms with Crippen LogP contribution in [0.15, 0.2) is 42.6 Å². The van der Waals surface area contributed by atoms with Gasteiger partial charge in [0.05, 0.1) is 29.5 Å². The van der Waals surface area contributed by atoms with Gasteiger partial charge in [-0.25, -0.2) is 0 Å². The van der Waals surface area contributed by atoms with Gasteiger partial charge in [-0.2, -0.15) is 0 Å². The molecule has 2 aromatic heterocycles. The van der Waals surface area contributed by atoms with Crippen molar-refractivity contribution in [1.29, 1.82) is 0 Å². The third-order valence-corrected chi connectivity index (χ3v) is 5.73. The summed E-state index contributed by atoms with van der Waals surface area (Å²) in [5.74, 6) is 0.248. The molecule has 1 aliphatic rings. The van der Waals surface area contributed by atoms with E-state index in [1.165, 1.54) is 0 Å². The highest BCUT2D eigenvalue weighted by atomic mass is 35.5. The van der Waals surface area contributed by atoms with Crippen LogP contribution in [0.1, 0.15) is 44.1 Å². The minimum atomic E-state index is -1.05. The minimum absolute atomic E-state index is 0.211. The van der Waals surface area contributed by atoms with E-state index in [0.29, 0.717) is 23.1 Å². The van der Waals surface area contributed by atoms with Crippen LogP contribution in [0.2, 0.25) is 5.02 Å². The number of amides is 1. The maximum absolute atomic E-state index is 12.7. The van der Waals surface area contributed by atoms with Crippen LogP contribution in [-0.4, -0.2) is 45.7 Å². The van der Waals surface area contributed by atoms with Crippen LogP contribution < -0.4 is 16.0 Å². The topological polar surface area (TPSA) is 97.8 Å². The number of ether oxygens (including phenoxy) is 1. The molecule has 1 aliphatic heterocycles. The maximum Gasteiger partial charge on any atom is 0.240 e. The molecule has 0 saturated carbocycles. The first-order valence-electron chi connectivity index (χ1n) is 10.8. The van der Waals surface area contributed by atoms with Gasteiger partial charge in [0.15, 0.2) is 11.5 Å². The number of pyridine rings is 1. The molecule has 32 heavy (non-hydrogen) atoms. The molecular weight excluding hydrogens is 428 g/mol. The summed E-state index contributed by atoms with van der Waals surface area (Å²) in [5.41, 5.74) is 7.68. The number of anilines is 1. The van der Waals surface area contributed by atoms with E-state index in [2.05, 4.69) is 20.4 Å². The lowest BCUT2D eigenvalue weighted by molar-refractivity contribution is -0.126. The zero-order valence-corrected chi connectivity index (χ0v) is 19.2. The van der Waals surface area contributed by atoms with E-state index in [1.807, 2.05) is 40.8 Å². The monoisotopic (exact) mass is 456 g/mol. The largest absolute Gasteiger partial charge is 0.374 e. The first-order chi connectivity index (χ1) is 15.3. The van der Waals surface area contributed by atoms with E-state index in [9.17, 15) is 4.79 Å². The Morgan fingerprint density at radius 2 is 1.97 bits per heavy atom. The van der Waals surface area contributed by atoms with Crippen molar-refractivity contribution < 1.29 is 9.53 Å². The van der Waals surface area contributed by atoms with Crippen molar-refractivity contribution in [2.45, 2.75) is 44.9 Å². The van der Waals surface area contributed by atoms with Crippen LogP contribution in [-0.2, 0) is 16.1 Å². The second-order valence-electron chi connectivity index (χ2n) is 8.74. The fraction of sp³-hybridized carbons (Fsp3) is 0.435. The van der Waals surface area contributed by atoms with Gasteiger partial charge in [-0.15, -0.1) is 10.2 Å². The van der Waals surface area contributed by atoms with Gasteiger partial charge in [0.1, 0.15) is 6.04 Å². The van der Waals surface area contributed by atoms with Crippen LogP contribution >= 0.6 is 11.6 Å². The SMILES string of the molecule is CC(C)(N)C(=O)N[C@H](COCc1ccccc1)c1nnc2c(N3CCCC3)cc(Cl)cn12. The Kier molecular flexibility index (Phi) is 6.64. The van der Waals surface area contributed by atoms with Crippen molar-refractivity contribution >= 4 is 28.8 Å². The Bertz CT molecular complexity index is 1070. The first-order valence-corrected chi connectivity index (χ1v) is 11.2. The normalized spacial score (nSPS) is 15.3. The number of hydrogen-bond donors (Lipinski definition) is 2. The number of benzene rings is 1. The Morgan fingerprint density at radius 3 is 2.66 bits per heavy atom. The van der Waals surface area contributed by atoms with Crippen LogP contribution in [0.4, 0.5) is 5.69 Å². The molecular formula is C23H29ClN6O2. The summed E-state index contributed by atoms with van der Waals surface area (Å²) in [6.45, 7) is 5.86. The predicted molar refractivity (Wildman–Crippen MR) is 125 cm³/mol. The third kappa shape index (κ3) is 5.03. The Morgan fingerprint density at radius 1 is 1.25 bits per heavy atom. The summed E-state index contributed by atoms with van der Waals surface area (Å²) < 4.78 is 7.79. The third-order valence-electron chi connectivity index (χ3n) is 5.52. The highest BCUT2D eigenvalue weighted by molar-refractivity contribution is 6.30. The lowest BCUT2D eigenvalue weighted by atomic mass is 10.1. The molecule has 170 valence electrons. The minimum Gasteiger partial charge on any atom is -0.374 e. The standard InChI is InChI=1S/C23H29ClN6O2/c1-23(2,25)22(31)26-18(15-32-14-16-8-4-3-5-9-16)20-27-28-21-19(29-10-6-7-11-29)12-17(24)13-30(20)21/h3-5,8-9,12-13,18H,6-7,10-11,14-15,25H2,1-2H3,(H,26,31)/t18-/m1/s1. The number of halogens is 1. The van der Waals surface area contributed by atoms with Crippen LogP contribution in [0.3, 0.4) is 0 Å². The van der Waals surface area contributed by atoms with Crippen molar-refractivity contribution in [1.82, 2.24) is 19.9 Å². The molecule has 0 spiro atoms. The number of carbonyl (C=O) groups excluding carboxylic acids is 1. The number of hydrogen-bond acceptors (Lipinski definition) is 6. The van der Waals surface area contributed by atoms with Crippen molar-refractivity contribution in [2.24, 2.45) is 5.73 Å². The molecule has 1 atom stereocenters. The Hall–Kier alpha value is -2.68. The summed E-state index contributed by atoms with van der Waals surface area (Å²) >= 11 is 6.46. The average Bonchev–Trinajstić information content (AvgIpc) is 3.43. The lowest BCUT2D eigenvalue weighted by Crippen LogP contribution is -2.50. The number of rotatable bonds is 8. The number of aromatic nitrogens is 3. The van der Waals surface area contributed by atoms with Gasteiger partial charge in [-0.1, -0.05) is 41.9 Å². The molecule has 3 heterocycles. The molecule has 3 N–H and O–H groups in total. The van der Waals surface area contributed by atoms with Gasteiger partial charge < -0.3 is 20.7 Å². The number of fused-ring (bicyclic) bond motifs is 1. The van der Waals surface area contributed by atoms with E-state index in [1.54, 1.807) is 20.0 Å². The molecule has 1 amide bonds. The lowest BCUT2D eigenvalue weighted by Gasteiger charge is -2.24. The molecule has 8 nitrogen and oxygen atoms in total.